The smallest absolute Gasteiger partial charge is 0.310 e. The SMILES string of the molecule is O=C(Cc1ccc(Br)cc1)OCC(=O)N1CCN(c2ccc([N+](=O)[O-])cc2)CC1. The van der Waals surface area contributed by atoms with Crippen LogP contribution in [0.5, 0.6) is 0 Å². The molecule has 1 heterocycles. The summed E-state index contributed by atoms with van der Waals surface area (Å²) in [5.74, 6) is -0.664. The number of nitrogens with zero attached hydrogens (tertiary/aromatic N) is 3. The highest BCUT2D eigenvalue weighted by atomic mass is 79.9. The molecule has 0 bridgehead atoms. The lowest BCUT2D eigenvalue weighted by Crippen LogP contribution is -2.49. The van der Waals surface area contributed by atoms with Crippen molar-refractivity contribution in [3.63, 3.8) is 0 Å². The number of piperazine rings is 1. The molecule has 152 valence electrons. The highest BCUT2D eigenvalue weighted by Crippen LogP contribution is 2.20. The van der Waals surface area contributed by atoms with Gasteiger partial charge in [0.2, 0.25) is 0 Å². The van der Waals surface area contributed by atoms with Crippen LogP contribution in [0.3, 0.4) is 0 Å². The van der Waals surface area contributed by atoms with Gasteiger partial charge in [-0.2, -0.15) is 0 Å². The molecular formula is C20H20BrN3O5. The summed E-state index contributed by atoms with van der Waals surface area (Å²) in [4.78, 5) is 38.3. The summed E-state index contributed by atoms with van der Waals surface area (Å²) in [5, 5.41) is 10.7. The van der Waals surface area contributed by atoms with E-state index in [2.05, 4.69) is 20.8 Å². The van der Waals surface area contributed by atoms with Gasteiger partial charge in [-0.25, -0.2) is 0 Å². The van der Waals surface area contributed by atoms with Gasteiger partial charge in [-0.3, -0.25) is 19.7 Å². The van der Waals surface area contributed by atoms with Crippen LogP contribution in [0.15, 0.2) is 53.0 Å². The molecule has 0 spiro atoms. The van der Waals surface area contributed by atoms with Crippen molar-refractivity contribution < 1.29 is 19.2 Å². The summed E-state index contributed by atoms with van der Waals surface area (Å²) in [7, 11) is 0. The maximum Gasteiger partial charge on any atom is 0.310 e. The number of ether oxygens (including phenoxy) is 1. The highest BCUT2D eigenvalue weighted by Gasteiger charge is 2.22. The van der Waals surface area contributed by atoms with E-state index in [1.54, 1.807) is 17.0 Å². The summed E-state index contributed by atoms with van der Waals surface area (Å²) in [6.45, 7) is 1.94. The first-order valence-electron chi connectivity index (χ1n) is 9.09. The van der Waals surface area contributed by atoms with Crippen LogP contribution in [0.2, 0.25) is 0 Å². The van der Waals surface area contributed by atoms with Gasteiger partial charge in [0.05, 0.1) is 11.3 Å². The molecule has 2 aromatic carbocycles. The number of carbonyl (C=O) groups is 2. The van der Waals surface area contributed by atoms with Crippen molar-refractivity contribution >= 4 is 39.2 Å². The molecule has 0 radical (unpaired) electrons. The molecule has 3 rings (SSSR count). The topological polar surface area (TPSA) is 93.0 Å². The van der Waals surface area contributed by atoms with Crippen LogP contribution >= 0.6 is 15.9 Å². The lowest BCUT2D eigenvalue weighted by atomic mass is 10.2. The Morgan fingerprint density at radius 1 is 1.00 bits per heavy atom. The Morgan fingerprint density at radius 3 is 2.21 bits per heavy atom. The van der Waals surface area contributed by atoms with Crippen molar-refractivity contribution in [1.82, 2.24) is 4.90 Å². The molecule has 0 saturated carbocycles. The molecule has 0 unspecified atom stereocenters. The molecule has 2 aromatic rings. The number of benzene rings is 2. The minimum absolute atomic E-state index is 0.0486. The monoisotopic (exact) mass is 461 g/mol. The van der Waals surface area contributed by atoms with E-state index < -0.39 is 10.9 Å². The molecule has 29 heavy (non-hydrogen) atoms. The molecule has 1 aliphatic rings. The standard InChI is InChI=1S/C20H20BrN3O5/c21-16-3-1-15(2-4-16)13-20(26)29-14-19(25)23-11-9-22(10-12-23)17-5-7-18(8-6-17)24(27)28/h1-8H,9-14H2. The number of esters is 1. The Hall–Kier alpha value is -2.94. The van der Waals surface area contributed by atoms with Gasteiger partial charge in [-0.05, 0) is 29.8 Å². The summed E-state index contributed by atoms with van der Waals surface area (Å²) in [5.41, 5.74) is 1.75. The van der Waals surface area contributed by atoms with Crippen LogP contribution in [-0.2, 0) is 20.7 Å². The average molecular weight is 462 g/mol. The molecule has 1 fully saturated rings. The van der Waals surface area contributed by atoms with Gasteiger partial charge in [0.25, 0.3) is 11.6 Å². The number of rotatable bonds is 6. The number of nitro groups is 1. The molecule has 0 atom stereocenters. The quantitative estimate of drug-likeness (QED) is 0.373. The molecule has 0 aromatic heterocycles. The van der Waals surface area contributed by atoms with Crippen molar-refractivity contribution in [2.24, 2.45) is 0 Å². The summed E-state index contributed by atoms with van der Waals surface area (Å²) < 4.78 is 6.05. The summed E-state index contributed by atoms with van der Waals surface area (Å²) in [6, 6.07) is 13.7. The van der Waals surface area contributed by atoms with Gasteiger partial charge in [0, 0.05) is 48.5 Å². The number of carbonyl (C=O) groups excluding carboxylic acids is 2. The molecule has 0 aliphatic carbocycles. The normalized spacial score (nSPS) is 13.8. The third-order valence-corrected chi connectivity index (χ3v) is 5.21. The second-order valence-corrected chi connectivity index (χ2v) is 7.52. The minimum atomic E-state index is -0.440. The van der Waals surface area contributed by atoms with Crippen LogP contribution in [0, 0.1) is 10.1 Å². The van der Waals surface area contributed by atoms with Crippen molar-refractivity contribution in [1.29, 1.82) is 0 Å². The van der Waals surface area contributed by atoms with Crippen molar-refractivity contribution in [2.45, 2.75) is 6.42 Å². The second-order valence-electron chi connectivity index (χ2n) is 6.61. The summed E-state index contributed by atoms with van der Waals surface area (Å²) >= 11 is 3.34. The Kier molecular flexibility index (Phi) is 6.82. The number of hydrogen-bond donors (Lipinski definition) is 0. The van der Waals surface area contributed by atoms with E-state index in [0.29, 0.717) is 26.2 Å². The first-order valence-corrected chi connectivity index (χ1v) is 9.89. The summed E-state index contributed by atoms with van der Waals surface area (Å²) in [6.07, 6.45) is 0.120. The van der Waals surface area contributed by atoms with E-state index in [-0.39, 0.29) is 24.6 Å². The fourth-order valence-electron chi connectivity index (χ4n) is 3.05. The number of amides is 1. The van der Waals surface area contributed by atoms with Crippen molar-refractivity contribution in [2.75, 3.05) is 37.7 Å². The van der Waals surface area contributed by atoms with Crippen LogP contribution in [-0.4, -0.2) is 54.5 Å². The highest BCUT2D eigenvalue weighted by molar-refractivity contribution is 9.10. The zero-order valence-corrected chi connectivity index (χ0v) is 17.2. The van der Waals surface area contributed by atoms with Gasteiger partial charge >= 0.3 is 5.97 Å². The Bertz CT molecular complexity index is 878. The predicted octanol–water partition coefficient (Wildman–Crippen LogP) is 2.79. The second kappa shape index (κ2) is 9.51. The Morgan fingerprint density at radius 2 is 1.62 bits per heavy atom. The van der Waals surface area contributed by atoms with Crippen LogP contribution < -0.4 is 4.90 Å². The molecule has 1 aliphatic heterocycles. The maximum absolute atomic E-state index is 12.3. The van der Waals surface area contributed by atoms with Gasteiger partial charge in [-0.1, -0.05) is 28.1 Å². The van der Waals surface area contributed by atoms with Gasteiger partial charge in [0.1, 0.15) is 0 Å². The number of halogens is 1. The van der Waals surface area contributed by atoms with Gasteiger partial charge < -0.3 is 14.5 Å². The van der Waals surface area contributed by atoms with E-state index in [0.717, 1.165) is 15.7 Å². The number of hydrogen-bond acceptors (Lipinski definition) is 6. The Balaban J connectivity index is 1.43. The van der Waals surface area contributed by atoms with E-state index in [1.807, 2.05) is 24.3 Å². The van der Waals surface area contributed by atoms with Crippen LogP contribution in [0.1, 0.15) is 5.56 Å². The lowest BCUT2D eigenvalue weighted by molar-refractivity contribution is -0.384. The van der Waals surface area contributed by atoms with Gasteiger partial charge in [0.15, 0.2) is 6.61 Å². The molecular weight excluding hydrogens is 442 g/mol. The fourth-order valence-corrected chi connectivity index (χ4v) is 3.32. The third-order valence-electron chi connectivity index (χ3n) is 4.68. The van der Waals surface area contributed by atoms with E-state index in [1.165, 1.54) is 12.1 Å². The first kappa shape index (κ1) is 20.8. The van der Waals surface area contributed by atoms with Gasteiger partial charge in [-0.15, -0.1) is 0 Å². The number of nitro benzene ring substituents is 1. The van der Waals surface area contributed by atoms with Crippen LogP contribution in [0.25, 0.3) is 0 Å². The molecule has 1 saturated heterocycles. The third kappa shape index (κ3) is 5.77. The van der Waals surface area contributed by atoms with E-state index in [9.17, 15) is 19.7 Å². The Labute approximate surface area is 176 Å². The van der Waals surface area contributed by atoms with Crippen molar-refractivity contribution in [3.05, 3.63) is 68.7 Å². The van der Waals surface area contributed by atoms with E-state index in [4.69, 9.17) is 4.74 Å². The van der Waals surface area contributed by atoms with Crippen LogP contribution in [0.4, 0.5) is 11.4 Å². The zero-order valence-electron chi connectivity index (χ0n) is 15.6. The minimum Gasteiger partial charge on any atom is -0.455 e. The number of non-ortho nitro benzene ring substituents is 1. The average Bonchev–Trinajstić information content (AvgIpc) is 2.74. The largest absolute Gasteiger partial charge is 0.455 e. The lowest BCUT2D eigenvalue weighted by Gasteiger charge is -2.36. The number of anilines is 1. The van der Waals surface area contributed by atoms with Crippen molar-refractivity contribution in [3.8, 4) is 0 Å². The first-order chi connectivity index (χ1) is 13.9. The predicted molar refractivity (Wildman–Crippen MR) is 111 cm³/mol. The fraction of sp³-hybridized carbons (Fsp3) is 0.300. The zero-order chi connectivity index (χ0) is 20.8. The molecule has 8 nitrogen and oxygen atoms in total. The maximum atomic E-state index is 12.3. The molecule has 0 N–H and O–H groups in total. The van der Waals surface area contributed by atoms with E-state index >= 15 is 0 Å². The molecule has 1 amide bonds. The molecule has 9 heteroatoms.